The summed E-state index contributed by atoms with van der Waals surface area (Å²) in [7, 11) is 0. The fraction of sp³-hybridized carbons (Fsp3) is 0.760. The number of nitrogens with one attached hydrogen (secondary N) is 1. The van der Waals surface area contributed by atoms with Crippen LogP contribution in [-0.2, 0) is 0 Å². The second-order valence-corrected chi connectivity index (χ2v) is 8.62. The molecule has 1 aromatic carbocycles. The molecule has 0 aromatic heterocycles. The van der Waals surface area contributed by atoms with Gasteiger partial charge in [-0.3, -0.25) is 0 Å². The van der Waals surface area contributed by atoms with Crippen molar-refractivity contribution >= 4 is 11.6 Å². The zero-order valence-electron chi connectivity index (χ0n) is 18.5. The Morgan fingerprint density at radius 2 is 1.21 bits per heavy atom. The summed E-state index contributed by atoms with van der Waals surface area (Å²) in [6, 6.07) is 7.58. The van der Waals surface area contributed by atoms with Crippen molar-refractivity contribution in [2.45, 2.75) is 110 Å². The summed E-state index contributed by atoms with van der Waals surface area (Å²) in [4.78, 5) is 0. The van der Waals surface area contributed by atoms with Crippen LogP contribution >= 0.6 is 11.6 Å². The van der Waals surface area contributed by atoms with E-state index in [1.54, 1.807) is 0 Å². The van der Waals surface area contributed by atoms with E-state index in [9.17, 15) is 0 Å². The molecule has 0 amide bonds. The molecule has 0 aliphatic carbocycles. The second-order valence-electron chi connectivity index (χ2n) is 8.18. The van der Waals surface area contributed by atoms with E-state index in [4.69, 9.17) is 16.3 Å². The Kier molecular flexibility index (Phi) is 16.5. The minimum absolute atomic E-state index is 0.174. The van der Waals surface area contributed by atoms with Gasteiger partial charge in [0.15, 0.2) is 0 Å². The van der Waals surface area contributed by atoms with Crippen LogP contribution in [0.25, 0.3) is 0 Å². The lowest BCUT2D eigenvalue weighted by Gasteiger charge is -2.15. The third kappa shape index (κ3) is 15.2. The molecule has 162 valence electrons. The fourth-order valence-corrected chi connectivity index (χ4v) is 3.66. The minimum Gasteiger partial charge on any atom is -0.489 e. The van der Waals surface area contributed by atoms with Gasteiger partial charge in [0, 0.05) is 11.6 Å². The van der Waals surface area contributed by atoms with E-state index in [1.165, 1.54) is 89.9 Å². The highest BCUT2D eigenvalue weighted by atomic mass is 35.5. The smallest absolute Gasteiger partial charge is 0.119 e. The van der Waals surface area contributed by atoms with Crippen LogP contribution in [-0.4, -0.2) is 19.2 Å². The van der Waals surface area contributed by atoms with Gasteiger partial charge < -0.3 is 10.1 Å². The van der Waals surface area contributed by atoms with E-state index >= 15 is 0 Å². The zero-order chi connectivity index (χ0) is 20.3. The Bertz CT molecular complexity index is 448. The van der Waals surface area contributed by atoms with Crippen molar-refractivity contribution in [2.75, 3.05) is 13.1 Å². The first kappa shape index (κ1) is 25.3. The maximum atomic E-state index is 5.89. The molecular formula is C25H44ClNO. The molecule has 0 saturated carbocycles. The quantitative estimate of drug-likeness (QED) is 0.232. The van der Waals surface area contributed by atoms with Crippen LogP contribution in [0.2, 0.25) is 5.02 Å². The maximum Gasteiger partial charge on any atom is 0.119 e. The molecule has 1 N–H and O–H groups in total. The molecule has 1 aromatic rings. The van der Waals surface area contributed by atoms with E-state index in [0.717, 1.165) is 23.9 Å². The molecule has 3 heteroatoms. The molecule has 1 unspecified atom stereocenters. The third-order valence-electron chi connectivity index (χ3n) is 5.29. The van der Waals surface area contributed by atoms with Crippen molar-refractivity contribution in [2.24, 2.45) is 0 Å². The number of hydrogen-bond acceptors (Lipinski definition) is 2. The number of rotatable bonds is 19. The van der Waals surface area contributed by atoms with Gasteiger partial charge in [-0.2, -0.15) is 0 Å². The number of benzene rings is 1. The first-order valence-corrected chi connectivity index (χ1v) is 12.2. The van der Waals surface area contributed by atoms with E-state index in [1.807, 2.05) is 24.3 Å². The molecule has 0 bridgehead atoms. The topological polar surface area (TPSA) is 21.3 Å². The van der Waals surface area contributed by atoms with Gasteiger partial charge in [0.25, 0.3) is 0 Å². The van der Waals surface area contributed by atoms with E-state index in [-0.39, 0.29) is 6.10 Å². The molecule has 0 saturated heterocycles. The Hall–Kier alpha value is -0.730. The van der Waals surface area contributed by atoms with Crippen LogP contribution in [0.1, 0.15) is 104 Å². The Balaban J connectivity index is 1.78. The summed E-state index contributed by atoms with van der Waals surface area (Å²) in [6.07, 6.45) is 19.9. The van der Waals surface area contributed by atoms with Gasteiger partial charge in [0.2, 0.25) is 0 Å². The van der Waals surface area contributed by atoms with Gasteiger partial charge in [0.05, 0.1) is 0 Å². The Morgan fingerprint density at radius 1 is 0.750 bits per heavy atom. The predicted molar refractivity (Wildman–Crippen MR) is 125 cm³/mol. The summed E-state index contributed by atoms with van der Waals surface area (Å²) in [5, 5.41) is 4.26. The minimum atomic E-state index is 0.174. The molecule has 0 aliphatic heterocycles. The molecule has 0 heterocycles. The lowest BCUT2D eigenvalue weighted by molar-refractivity contribution is 0.217. The van der Waals surface area contributed by atoms with Gasteiger partial charge in [-0.25, -0.2) is 0 Å². The molecule has 0 spiro atoms. The monoisotopic (exact) mass is 409 g/mol. The predicted octanol–water partition coefficient (Wildman–Crippen LogP) is 8.18. The third-order valence-corrected chi connectivity index (χ3v) is 5.54. The van der Waals surface area contributed by atoms with Gasteiger partial charge >= 0.3 is 0 Å². The largest absolute Gasteiger partial charge is 0.489 e. The summed E-state index contributed by atoms with van der Waals surface area (Å²) < 4.78 is 5.87. The average Bonchev–Trinajstić information content (AvgIpc) is 2.69. The first-order valence-electron chi connectivity index (χ1n) is 11.8. The van der Waals surface area contributed by atoms with Crippen molar-refractivity contribution < 1.29 is 4.74 Å². The lowest BCUT2D eigenvalue weighted by Crippen LogP contribution is -2.29. The van der Waals surface area contributed by atoms with Crippen molar-refractivity contribution in [1.82, 2.24) is 5.32 Å². The highest BCUT2D eigenvalue weighted by molar-refractivity contribution is 6.30. The van der Waals surface area contributed by atoms with Gasteiger partial charge in [0.1, 0.15) is 11.9 Å². The van der Waals surface area contributed by atoms with Crippen LogP contribution in [0, 0.1) is 0 Å². The molecule has 28 heavy (non-hydrogen) atoms. The highest BCUT2D eigenvalue weighted by Gasteiger charge is 2.03. The number of unbranched alkanes of at least 4 members (excludes halogenated alkanes) is 13. The van der Waals surface area contributed by atoms with Crippen molar-refractivity contribution in [3.63, 3.8) is 0 Å². The van der Waals surface area contributed by atoms with E-state index in [2.05, 4.69) is 19.2 Å². The summed E-state index contributed by atoms with van der Waals surface area (Å²) in [5.41, 5.74) is 0. The lowest BCUT2D eigenvalue weighted by atomic mass is 10.0. The molecule has 1 atom stereocenters. The maximum absolute atomic E-state index is 5.89. The Labute approximate surface area is 179 Å². The van der Waals surface area contributed by atoms with Crippen LogP contribution in [0.3, 0.4) is 0 Å². The Morgan fingerprint density at radius 3 is 1.71 bits per heavy atom. The summed E-state index contributed by atoms with van der Waals surface area (Å²) in [5.74, 6) is 0.884. The van der Waals surface area contributed by atoms with Crippen molar-refractivity contribution in [1.29, 1.82) is 0 Å². The molecule has 2 nitrogen and oxygen atoms in total. The zero-order valence-corrected chi connectivity index (χ0v) is 19.2. The molecule has 0 fully saturated rings. The highest BCUT2D eigenvalue weighted by Crippen LogP contribution is 2.16. The summed E-state index contributed by atoms with van der Waals surface area (Å²) >= 11 is 5.89. The van der Waals surface area contributed by atoms with Gasteiger partial charge in [-0.05, 0) is 44.2 Å². The van der Waals surface area contributed by atoms with E-state index < -0.39 is 0 Å². The van der Waals surface area contributed by atoms with Gasteiger partial charge in [-0.15, -0.1) is 0 Å². The van der Waals surface area contributed by atoms with Crippen LogP contribution in [0.5, 0.6) is 5.75 Å². The second kappa shape index (κ2) is 18.3. The number of halogens is 1. The molecule has 1 rings (SSSR count). The molecular weight excluding hydrogens is 366 g/mol. The molecule has 0 aliphatic rings. The van der Waals surface area contributed by atoms with Crippen LogP contribution < -0.4 is 10.1 Å². The fourth-order valence-electron chi connectivity index (χ4n) is 3.54. The van der Waals surface area contributed by atoms with Crippen LogP contribution in [0.4, 0.5) is 0 Å². The number of hydrogen-bond donors (Lipinski definition) is 1. The summed E-state index contributed by atoms with van der Waals surface area (Å²) in [6.45, 7) is 6.37. The van der Waals surface area contributed by atoms with E-state index in [0.29, 0.717) is 0 Å². The molecule has 0 radical (unpaired) electrons. The average molecular weight is 410 g/mol. The van der Waals surface area contributed by atoms with Gasteiger partial charge in [-0.1, -0.05) is 102 Å². The SMILES string of the molecule is CCCCCCCCCCCCCCCCNCC(C)Oc1ccc(Cl)cc1. The van der Waals surface area contributed by atoms with Crippen molar-refractivity contribution in [3.05, 3.63) is 29.3 Å². The van der Waals surface area contributed by atoms with Crippen LogP contribution in [0.15, 0.2) is 24.3 Å². The number of ether oxygens (including phenoxy) is 1. The van der Waals surface area contributed by atoms with Crippen molar-refractivity contribution in [3.8, 4) is 5.75 Å². The first-order chi connectivity index (χ1) is 13.7. The standard InChI is InChI=1S/C25H44ClNO/c1-3-4-5-6-7-8-9-10-11-12-13-14-15-16-21-27-22-23(2)28-25-19-17-24(26)18-20-25/h17-20,23,27H,3-16,21-22H2,1-2H3. The normalized spacial score (nSPS) is 12.2.